The van der Waals surface area contributed by atoms with Gasteiger partial charge in [-0.2, -0.15) is 5.26 Å². The summed E-state index contributed by atoms with van der Waals surface area (Å²) in [6.45, 7) is 1.16. The molecule has 6 heteroatoms. The van der Waals surface area contributed by atoms with E-state index in [-0.39, 0.29) is 12.0 Å². The number of ether oxygens (including phenoxy) is 1. The van der Waals surface area contributed by atoms with E-state index in [1.54, 1.807) is 18.3 Å². The van der Waals surface area contributed by atoms with Crippen LogP contribution in [0.1, 0.15) is 24.0 Å². The largest absolute Gasteiger partial charge is 0.368 e. The minimum absolute atomic E-state index is 0.103. The maximum Gasteiger partial charge on any atom is 0.253 e. The summed E-state index contributed by atoms with van der Waals surface area (Å²) in [7, 11) is 0. The van der Waals surface area contributed by atoms with E-state index >= 15 is 0 Å². The monoisotopic (exact) mass is 322 g/mol. The SMILES string of the molecule is N#Cc1cccnc1NCc1cccc(NC(=O)[C@H]2CCCO2)c1. The van der Waals surface area contributed by atoms with Crippen LogP contribution in [0.25, 0.3) is 0 Å². The van der Waals surface area contributed by atoms with Crippen molar-refractivity contribution in [1.82, 2.24) is 4.98 Å². The molecule has 24 heavy (non-hydrogen) atoms. The lowest BCUT2D eigenvalue weighted by molar-refractivity contribution is -0.124. The normalized spacial score (nSPS) is 16.4. The van der Waals surface area contributed by atoms with Gasteiger partial charge in [0.15, 0.2) is 0 Å². The van der Waals surface area contributed by atoms with Gasteiger partial charge < -0.3 is 15.4 Å². The van der Waals surface area contributed by atoms with Gasteiger partial charge in [-0.1, -0.05) is 12.1 Å². The van der Waals surface area contributed by atoms with Crippen LogP contribution in [0.3, 0.4) is 0 Å². The highest BCUT2D eigenvalue weighted by Gasteiger charge is 2.23. The lowest BCUT2D eigenvalue weighted by Gasteiger charge is -2.12. The van der Waals surface area contributed by atoms with E-state index in [1.807, 2.05) is 24.3 Å². The molecule has 1 aromatic carbocycles. The molecule has 6 nitrogen and oxygen atoms in total. The van der Waals surface area contributed by atoms with E-state index in [1.165, 1.54) is 0 Å². The number of pyridine rings is 1. The molecule has 1 aliphatic heterocycles. The molecule has 0 radical (unpaired) electrons. The van der Waals surface area contributed by atoms with Crippen molar-refractivity contribution in [3.05, 3.63) is 53.7 Å². The molecule has 0 bridgehead atoms. The van der Waals surface area contributed by atoms with Crippen molar-refractivity contribution in [1.29, 1.82) is 5.26 Å². The van der Waals surface area contributed by atoms with Gasteiger partial charge in [0.1, 0.15) is 18.0 Å². The predicted molar refractivity (Wildman–Crippen MR) is 90.3 cm³/mol. The Hall–Kier alpha value is -2.91. The first kappa shape index (κ1) is 16.0. The third-order valence-corrected chi connectivity index (χ3v) is 3.80. The van der Waals surface area contributed by atoms with Crippen LogP contribution in [0, 0.1) is 11.3 Å². The highest BCUT2D eigenvalue weighted by Crippen LogP contribution is 2.17. The number of carbonyl (C=O) groups excluding carboxylic acids is 1. The van der Waals surface area contributed by atoms with Gasteiger partial charge in [-0.05, 0) is 42.7 Å². The summed E-state index contributed by atoms with van der Waals surface area (Å²) in [5.41, 5.74) is 2.21. The molecule has 0 saturated carbocycles. The number of rotatable bonds is 5. The molecule has 0 unspecified atom stereocenters. The maximum atomic E-state index is 12.1. The fraction of sp³-hybridized carbons (Fsp3) is 0.278. The predicted octanol–water partition coefficient (Wildman–Crippen LogP) is 2.68. The summed E-state index contributed by atoms with van der Waals surface area (Å²) in [4.78, 5) is 16.3. The van der Waals surface area contributed by atoms with Crippen LogP contribution in [0.15, 0.2) is 42.6 Å². The first-order valence-corrected chi connectivity index (χ1v) is 7.86. The van der Waals surface area contributed by atoms with Crippen molar-refractivity contribution in [2.45, 2.75) is 25.5 Å². The minimum Gasteiger partial charge on any atom is -0.368 e. The number of nitrogens with one attached hydrogen (secondary N) is 2. The Labute approximate surface area is 140 Å². The van der Waals surface area contributed by atoms with Crippen LogP contribution in [0.5, 0.6) is 0 Å². The lowest BCUT2D eigenvalue weighted by Crippen LogP contribution is -2.26. The number of hydrogen-bond acceptors (Lipinski definition) is 5. The van der Waals surface area contributed by atoms with Gasteiger partial charge in [-0.3, -0.25) is 4.79 Å². The van der Waals surface area contributed by atoms with Crippen LogP contribution < -0.4 is 10.6 Å². The summed E-state index contributed by atoms with van der Waals surface area (Å²) in [6.07, 6.45) is 2.98. The molecule has 2 aromatic rings. The van der Waals surface area contributed by atoms with E-state index in [4.69, 9.17) is 10.00 Å². The van der Waals surface area contributed by atoms with Crippen LogP contribution in [0.4, 0.5) is 11.5 Å². The Morgan fingerprint density at radius 1 is 1.38 bits per heavy atom. The molecule has 1 atom stereocenters. The fourth-order valence-electron chi connectivity index (χ4n) is 2.59. The molecule has 1 fully saturated rings. The van der Waals surface area contributed by atoms with Gasteiger partial charge in [0.2, 0.25) is 0 Å². The quantitative estimate of drug-likeness (QED) is 0.884. The van der Waals surface area contributed by atoms with E-state index in [9.17, 15) is 4.79 Å². The van der Waals surface area contributed by atoms with Crippen LogP contribution in [0.2, 0.25) is 0 Å². The molecule has 2 N–H and O–H groups in total. The highest BCUT2D eigenvalue weighted by atomic mass is 16.5. The van der Waals surface area contributed by atoms with Crippen molar-refractivity contribution in [3.8, 4) is 6.07 Å². The smallest absolute Gasteiger partial charge is 0.253 e. The third-order valence-electron chi connectivity index (χ3n) is 3.80. The zero-order valence-corrected chi connectivity index (χ0v) is 13.2. The first-order chi connectivity index (χ1) is 11.8. The fourth-order valence-corrected chi connectivity index (χ4v) is 2.59. The molecule has 0 spiro atoms. The molecular formula is C18H18N4O2. The average molecular weight is 322 g/mol. The van der Waals surface area contributed by atoms with Gasteiger partial charge in [0.05, 0.1) is 5.56 Å². The molecule has 1 amide bonds. The molecule has 3 rings (SSSR count). The Morgan fingerprint density at radius 3 is 3.08 bits per heavy atom. The number of nitrogens with zero attached hydrogens (tertiary/aromatic N) is 2. The van der Waals surface area contributed by atoms with Crippen molar-refractivity contribution in [2.24, 2.45) is 0 Å². The highest BCUT2D eigenvalue weighted by molar-refractivity contribution is 5.94. The van der Waals surface area contributed by atoms with Crippen LogP contribution in [-0.4, -0.2) is 23.6 Å². The summed E-state index contributed by atoms with van der Waals surface area (Å²) < 4.78 is 5.38. The number of benzene rings is 1. The maximum absolute atomic E-state index is 12.1. The van der Waals surface area contributed by atoms with Gasteiger partial charge in [-0.15, -0.1) is 0 Å². The van der Waals surface area contributed by atoms with Gasteiger partial charge in [-0.25, -0.2) is 4.98 Å². The number of nitriles is 1. The van der Waals surface area contributed by atoms with E-state index in [0.717, 1.165) is 24.1 Å². The molecule has 122 valence electrons. The van der Waals surface area contributed by atoms with Crippen molar-refractivity contribution >= 4 is 17.4 Å². The zero-order chi connectivity index (χ0) is 16.8. The Bertz CT molecular complexity index is 764. The van der Waals surface area contributed by atoms with Gasteiger partial charge in [0, 0.05) is 25.0 Å². The van der Waals surface area contributed by atoms with E-state index in [0.29, 0.717) is 24.5 Å². The second kappa shape index (κ2) is 7.57. The van der Waals surface area contributed by atoms with E-state index in [2.05, 4.69) is 21.7 Å². The standard InChI is InChI=1S/C18H18N4O2/c19-11-14-5-2-8-20-17(14)21-12-13-4-1-6-15(10-13)22-18(23)16-7-3-9-24-16/h1-2,4-6,8,10,16H,3,7,9,12H2,(H,20,21)(H,22,23)/t16-/m1/s1. The molecule has 1 aliphatic rings. The molecule has 1 aromatic heterocycles. The Kier molecular flexibility index (Phi) is 5.04. The number of aromatic nitrogens is 1. The Morgan fingerprint density at radius 2 is 2.29 bits per heavy atom. The third kappa shape index (κ3) is 3.89. The number of anilines is 2. The van der Waals surface area contributed by atoms with Crippen LogP contribution in [-0.2, 0) is 16.1 Å². The molecule has 0 aliphatic carbocycles. The second-order valence-corrected chi connectivity index (χ2v) is 5.56. The van der Waals surface area contributed by atoms with Crippen LogP contribution >= 0.6 is 0 Å². The van der Waals surface area contributed by atoms with Gasteiger partial charge in [0.25, 0.3) is 5.91 Å². The topological polar surface area (TPSA) is 87.0 Å². The van der Waals surface area contributed by atoms with Crippen molar-refractivity contribution < 1.29 is 9.53 Å². The number of amides is 1. The summed E-state index contributed by atoms with van der Waals surface area (Å²) in [5.74, 6) is 0.447. The van der Waals surface area contributed by atoms with Gasteiger partial charge >= 0.3 is 0 Å². The van der Waals surface area contributed by atoms with E-state index < -0.39 is 0 Å². The summed E-state index contributed by atoms with van der Waals surface area (Å²) >= 11 is 0. The average Bonchev–Trinajstić information content (AvgIpc) is 3.15. The summed E-state index contributed by atoms with van der Waals surface area (Å²) in [6, 6.07) is 13.1. The molecule has 2 heterocycles. The number of hydrogen-bond donors (Lipinski definition) is 2. The first-order valence-electron chi connectivity index (χ1n) is 7.86. The summed E-state index contributed by atoms with van der Waals surface area (Å²) in [5, 5.41) is 15.1. The van der Waals surface area contributed by atoms with Crippen molar-refractivity contribution in [3.63, 3.8) is 0 Å². The lowest BCUT2D eigenvalue weighted by atomic mass is 10.1. The van der Waals surface area contributed by atoms with Crippen molar-refractivity contribution in [2.75, 3.05) is 17.2 Å². The Balaban J connectivity index is 1.63. The second-order valence-electron chi connectivity index (χ2n) is 5.56. The molecule has 1 saturated heterocycles. The minimum atomic E-state index is -0.349. The number of carbonyl (C=O) groups is 1. The molecular weight excluding hydrogens is 304 g/mol. The zero-order valence-electron chi connectivity index (χ0n) is 13.2.